The number of hydrogen-bond acceptors (Lipinski definition) is 18. The molecule has 2 aliphatic heterocycles. The number of nitrogens with zero attached hydrogens (tertiary/aromatic N) is 10. The Labute approximate surface area is 409 Å². The molecule has 2 fully saturated rings. The van der Waals surface area contributed by atoms with Gasteiger partial charge in [0.1, 0.15) is 69.7 Å². The number of sulfone groups is 2. The van der Waals surface area contributed by atoms with Gasteiger partial charge in [-0.25, -0.2) is 36.8 Å². The Morgan fingerprint density at radius 2 is 0.886 bits per heavy atom. The van der Waals surface area contributed by atoms with E-state index in [-0.39, 0.29) is 35.4 Å². The number of aryl methyl sites for hydroxylation is 2. The standard InChI is InChI=1S/2C24H31N5O5S/c2*1-15-12-25-23(26-13-15)16(2)17(3)35(30,31)14-21-27-28-24(20-10-7-11-34-20)29(21)22-18(32-4)8-6-9-19(22)33-5/h2*6,8-9,12-13,16-17,20H,7,10-11,14H2,1-5H3/t16-,17-,20+;16-,17-,20-/m00/s1. The predicted molar refractivity (Wildman–Crippen MR) is 259 cm³/mol. The zero-order valence-corrected chi connectivity index (χ0v) is 42.9. The average Bonchev–Trinajstić information content (AvgIpc) is 4.22. The maximum atomic E-state index is 13.6. The van der Waals surface area contributed by atoms with Crippen molar-refractivity contribution < 1.29 is 45.3 Å². The van der Waals surface area contributed by atoms with Crippen LogP contribution in [0.5, 0.6) is 23.0 Å². The molecular weight excluding hydrogens is 941 g/mol. The minimum Gasteiger partial charge on any atom is -0.494 e. The quantitative estimate of drug-likeness (QED) is 0.0872. The third-order valence-electron chi connectivity index (χ3n) is 12.8. The predicted octanol–water partition coefficient (Wildman–Crippen LogP) is 6.68. The van der Waals surface area contributed by atoms with E-state index in [0.29, 0.717) is 70.9 Å². The molecule has 2 aromatic carbocycles. The zero-order chi connectivity index (χ0) is 50.3. The number of benzene rings is 2. The molecule has 0 N–H and O–H groups in total. The molecule has 0 bridgehead atoms. The van der Waals surface area contributed by atoms with Crippen LogP contribution < -0.4 is 18.9 Å². The van der Waals surface area contributed by atoms with Gasteiger partial charge in [-0.15, -0.1) is 20.4 Å². The highest BCUT2D eigenvalue weighted by Crippen LogP contribution is 2.40. The Hall–Kier alpha value is -6.10. The van der Waals surface area contributed by atoms with E-state index in [4.69, 9.17) is 28.4 Å². The van der Waals surface area contributed by atoms with Crippen molar-refractivity contribution in [2.45, 2.75) is 113 Å². The molecule has 8 rings (SSSR count). The average molecular weight is 1000 g/mol. The molecule has 22 heteroatoms. The maximum absolute atomic E-state index is 13.6. The number of para-hydroxylation sites is 2. The molecule has 0 spiro atoms. The van der Waals surface area contributed by atoms with Crippen LogP contribution in [0.3, 0.4) is 0 Å². The number of aromatic nitrogens is 10. The van der Waals surface area contributed by atoms with Gasteiger partial charge in [-0.1, -0.05) is 26.0 Å². The molecule has 6 aromatic rings. The van der Waals surface area contributed by atoms with Crippen LogP contribution >= 0.6 is 0 Å². The normalized spacial score (nSPS) is 17.8. The van der Waals surface area contributed by atoms with Crippen LogP contribution in [0.25, 0.3) is 11.4 Å². The van der Waals surface area contributed by atoms with Crippen LogP contribution in [-0.2, 0) is 40.7 Å². The SMILES string of the molecule is COc1cccc(OC)c1-n1c(CS(=O)(=O)[C@@H](C)[C@H](C)c2ncc(C)cn2)nnc1[C@@H]1CCCO1.COc1cccc(OC)c1-n1c(CS(=O)(=O)[C@@H](C)[C@H](C)c2ncc(C)cn2)nnc1[C@H]1CCCO1. The lowest BCUT2D eigenvalue weighted by atomic mass is 10.1. The van der Waals surface area contributed by atoms with Gasteiger partial charge in [0, 0.05) is 49.8 Å². The lowest BCUT2D eigenvalue weighted by Gasteiger charge is -2.21. The second kappa shape index (κ2) is 22.3. The smallest absolute Gasteiger partial charge is 0.167 e. The third kappa shape index (κ3) is 11.1. The minimum atomic E-state index is -3.68. The summed E-state index contributed by atoms with van der Waals surface area (Å²) in [5.41, 5.74) is 2.91. The molecule has 0 saturated carbocycles. The lowest BCUT2D eigenvalue weighted by Crippen LogP contribution is -2.27. The molecule has 376 valence electrons. The van der Waals surface area contributed by atoms with Crippen LogP contribution in [0.1, 0.15) is 123 Å². The van der Waals surface area contributed by atoms with Gasteiger partial charge in [0.15, 0.2) is 43.0 Å². The van der Waals surface area contributed by atoms with Gasteiger partial charge in [0.05, 0.1) is 38.9 Å². The van der Waals surface area contributed by atoms with E-state index in [9.17, 15) is 16.8 Å². The Morgan fingerprint density at radius 3 is 1.17 bits per heavy atom. The van der Waals surface area contributed by atoms with Gasteiger partial charge in [0.25, 0.3) is 0 Å². The Bertz CT molecular complexity index is 2690. The highest BCUT2D eigenvalue weighted by atomic mass is 32.2. The first kappa shape index (κ1) is 51.7. The van der Waals surface area contributed by atoms with E-state index < -0.39 is 42.0 Å². The fraction of sp³-hybridized carbons (Fsp3) is 0.500. The van der Waals surface area contributed by atoms with Gasteiger partial charge < -0.3 is 28.4 Å². The van der Waals surface area contributed by atoms with Crippen molar-refractivity contribution in [1.29, 1.82) is 0 Å². The molecule has 6 heterocycles. The largest absolute Gasteiger partial charge is 0.494 e. The molecule has 20 nitrogen and oxygen atoms in total. The topological polar surface area (TPSA) is 237 Å². The van der Waals surface area contributed by atoms with Crippen molar-refractivity contribution in [1.82, 2.24) is 49.5 Å². The zero-order valence-electron chi connectivity index (χ0n) is 41.3. The van der Waals surface area contributed by atoms with E-state index >= 15 is 0 Å². The summed E-state index contributed by atoms with van der Waals surface area (Å²) in [6.07, 6.45) is 9.47. The van der Waals surface area contributed by atoms with E-state index in [1.54, 1.807) is 113 Å². The Kier molecular flexibility index (Phi) is 16.5. The molecule has 70 heavy (non-hydrogen) atoms. The van der Waals surface area contributed by atoms with Crippen molar-refractivity contribution in [2.24, 2.45) is 0 Å². The summed E-state index contributed by atoms with van der Waals surface area (Å²) in [4.78, 5) is 17.3. The van der Waals surface area contributed by atoms with Crippen LogP contribution in [0, 0.1) is 13.8 Å². The van der Waals surface area contributed by atoms with Crippen LogP contribution in [0.2, 0.25) is 0 Å². The molecule has 0 radical (unpaired) electrons. The second-order valence-corrected chi connectivity index (χ2v) is 22.2. The number of hydrogen-bond donors (Lipinski definition) is 0. The lowest BCUT2D eigenvalue weighted by molar-refractivity contribution is 0.103. The summed E-state index contributed by atoms with van der Waals surface area (Å²) in [5.74, 6) is 3.13. The van der Waals surface area contributed by atoms with Crippen LogP contribution in [-0.4, -0.2) is 118 Å². The number of rotatable bonds is 18. The van der Waals surface area contributed by atoms with E-state index in [0.717, 1.165) is 36.8 Å². The Morgan fingerprint density at radius 1 is 0.557 bits per heavy atom. The van der Waals surface area contributed by atoms with E-state index in [2.05, 4.69) is 40.3 Å². The fourth-order valence-electron chi connectivity index (χ4n) is 8.36. The minimum absolute atomic E-state index is 0.266. The summed E-state index contributed by atoms with van der Waals surface area (Å²) < 4.78 is 91.9. The fourth-order valence-corrected chi connectivity index (χ4v) is 11.5. The van der Waals surface area contributed by atoms with E-state index in [1.165, 1.54) is 0 Å². The summed E-state index contributed by atoms with van der Waals surface area (Å²) in [6, 6.07) is 10.8. The molecule has 6 atom stereocenters. The van der Waals surface area contributed by atoms with Crippen molar-refractivity contribution in [3.63, 3.8) is 0 Å². The highest BCUT2D eigenvalue weighted by Gasteiger charge is 2.37. The van der Waals surface area contributed by atoms with Crippen molar-refractivity contribution in [3.05, 3.63) is 107 Å². The number of methoxy groups -OCH3 is 4. The van der Waals surface area contributed by atoms with Gasteiger partial charge in [-0.3, -0.25) is 9.13 Å². The molecule has 2 saturated heterocycles. The summed E-state index contributed by atoms with van der Waals surface area (Å²) in [5, 5.41) is 15.9. The molecule has 4 aromatic heterocycles. The maximum Gasteiger partial charge on any atom is 0.167 e. The summed E-state index contributed by atoms with van der Waals surface area (Å²) in [7, 11) is -1.15. The van der Waals surface area contributed by atoms with Gasteiger partial charge >= 0.3 is 0 Å². The number of ether oxygens (including phenoxy) is 6. The Balaban J connectivity index is 0.000000206. The first-order valence-electron chi connectivity index (χ1n) is 23.1. The second-order valence-electron chi connectivity index (χ2n) is 17.5. The molecular formula is C48H62N10O10S2. The van der Waals surface area contributed by atoms with E-state index in [1.807, 2.05) is 27.7 Å². The van der Waals surface area contributed by atoms with Crippen molar-refractivity contribution in [3.8, 4) is 34.4 Å². The van der Waals surface area contributed by atoms with Crippen LogP contribution in [0.4, 0.5) is 0 Å². The van der Waals surface area contributed by atoms with Crippen molar-refractivity contribution in [2.75, 3.05) is 41.7 Å². The monoisotopic (exact) mass is 1000 g/mol. The molecule has 0 amide bonds. The first-order valence-corrected chi connectivity index (χ1v) is 26.5. The van der Waals surface area contributed by atoms with Crippen LogP contribution in [0.15, 0.2) is 61.2 Å². The van der Waals surface area contributed by atoms with Gasteiger partial charge in [-0.05, 0) is 88.8 Å². The highest BCUT2D eigenvalue weighted by molar-refractivity contribution is 7.91. The first-order chi connectivity index (χ1) is 33.5. The van der Waals surface area contributed by atoms with Gasteiger partial charge in [-0.2, -0.15) is 0 Å². The molecule has 2 aliphatic rings. The summed E-state index contributed by atoms with van der Waals surface area (Å²) in [6.45, 7) is 12.0. The molecule has 0 aliphatic carbocycles. The van der Waals surface area contributed by atoms with Crippen molar-refractivity contribution >= 4 is 19.7 Å². The third-order valence-corrected chi connectivity index (χ3v) is 17.2. The molecule has 0 unspecified atom stereocenters. The summed E-state index contributed by atoms with van der Waals surface area (Å²) >= 11 is 0. The van der Waals surface area contributed by atoms with Gasteiger partial charge in [0.2, 0.25) is 0 Å².